The highest BCUT2D eigenvalue weighted by Gasteiger charge is 2.37. The molecule has 4 atom stereocenters. The van der Waals surface area contributed by atoms with Gasteiger partial charge in [0, 0.05) is 25.6 Å². The Kier molecular flexibility index (Phi) is 4.25. The molecule has 4 heteroatoms. The first kappa shape index (κ1) is 12.6. The zero-order valence-electron chi connectivity index (χ0n) is 9.93. The van der Waals surface area contributed by atoms with Gasteiger partial charge in [-0.1, -0.05) is 6.92 Å². The van der Waals surface area contributed by atoms with E-state index in [0.29, 0.717) is 0 Å². The average Bonchev–Trinajstić information content (AvgIpc) is 2.57. The van der Waals surface area contributed by atoms with Gasteiger partial charge in [-0.05, 0) is 20.4 Å². The molecule has 0 spiro atoms. The Morgan fingerprint density at radius 1 is 1.60 bits per heavy atom. The molecule has 1 aliphatic heterocycles. The number of likely N-dealkylation sites (tertiary alicyclic amines) is 1. The van der Waals surface area contributed by atoms with Crippen LogP contribution in [0.25, 0.3) is 0 Å². The van der Waals surface area contributed by atoms with E-state index in [-0.39, 0.29) is 23.8 Å². The fourth-order valence-corrected chi connectivity index (χ4v) is 2.13. The van der Waals surface area contributed by atoms with Crippen LogP contribution in [0.2, 0.25) is 0 Å². The molecular weight excluding hydrogens is 194 g/mol. The van der Waals surface area contributed by atoms with Crippen LogP contribution in [0.4, 0.5) is 0 Å². The number of aliphatic hydroxyl groups excluding tert-OH is 1. The molecule has 1 N–H and O–H groups in total. The zero-order chi connectivity index (χ0) is 11.6. The number of nitrogens with zero attached hydrogens (tertiary/aromatic N) is 1. The molecule has 0 aromatic carbocycles. The van der Waals surface area contributed by atoms with Crippen LogP contribution in [0.3, 0.4) is 0 Å². The number of rotatable bonds is 4. The van der Waals surface area contributed by atoms with Crippen molar-refractivity contribution in [3.05, 3.63) is 0 Å². The van der Waals surface area contributed by atoms with Gasteiger partial charge in [0.15, 0.2) is 0 Å². The Hall–Kier alpha value is -0.450. The molecule has 0 saturated carbocycles. The number of likely N-dealkylation sites (N-methyl/N-ethyl adjacent to an activating group) is 1. The standard InChI is InChI=1S/C11H21NO3/c1-7(8(2)13)11(14)10-5-9(15-4)6-12(10)3/h7,9-11,14H,5-6H2,1-4H3. The van der Waals surface area contributed by atoms with Gasteiger partial charge in [0.25, 0.3) is 0 Å². The fourth-order valence-electron chi connectivity index (χ4n) is 2.13. The van der Waals surface area contributed by atoms with E-state index in [4.69, 9.17) is 4.74 Å². The molecule has 0 radical (unpaired) electrons. The van der Waals surface area contributed by atoms with Gasteiger partial charge in [-0.25, -0.2) is 0 Å². The van der Waals surface area contributed by atoms with Crippen LogP contribution in [0.5, 0.6) is 0 Å². The normalized spacial score (nSPS) is 31.5. The summed E-state index contributed by atoms with van der Waals surface area (Å²) in [5.41, 5.74) is 0. The molecule has 1 heterocycles. The Bertz CT molecular complexity index is 232. The summed E-state index contributed by atoms with van der Waals surface area (Å²) < 4.78 is 5.26. The van der Waals surface area contributed by atoms with Crippen molar-refractivity contribution in [1.29, 1.82) is 0 Å². The molecule has 0 aromatic rings. The number of hydrogen-bond acceptors (Lipinski definition) is 4. The number of ether oxygens (including phenoxy) is 1. The largest absolute Gasteiger partial charge is 0.391 e. The van der Waals surface area contributed by atoms with E-state index in [0.717, 1.165) is 13.0 Å². The molecule has 88 valence electrons. The van der Waals surface area contributed by atoms with Crippen molar-refractivity contribution >= 4 is 5.78 Å². The second-order valence-electron chi connectivity index (χ2n) is 4.49. The Labute approximate surface area is 91.2 Å². The summed E-state index contributed by atoms with van der Waals surface area (Å²) in [6.07, 6.45) is 0.382. The maximum atomic E-state index is 11.2. The quantitative estimate of drug-likeness (QED) is 0.732. The minimum Gasteiger partial charge on any atom is -0.391 e. The van der Waals surface area contributed by atoms with Crippen LogP contribution in [0, 0.1) is 5.92 Å². The number of carbonyl (C=O) groups excluding carboxylic acids is 1. The van der Waals surface area contributed by atoms with Gasteiger partial charge in [-0.15, -0.1) is 0 Å². The molecule has 0 bridgehead atoms. The van der Waals surface area contributed by atoms with Crippen LogP contribution in [-0.4, -0.2) is 54.7 Å². The van der Waals surface area contributed by atoms with Crippen molar-refractivity contribution in [3.63, 3.8) is 0 Å². The molecule has 1 aliphatic rings. The molecule has 15 heavy (non-hydrogen) atoms. The summed E-state index contributed by atoms with van der Waals surface area (Å²) in [6, 6.07) is 0.0360. The van der Waals surface area contributed by atoms with Crippen molar-refractivity contribution in [1.82, 2.24) is 4.90 Å². The monoisotopic (exact) mass is 215 g/mol. The third kappa shape index (κ3) is 2.77. The summed E-state index contributed by atoms with van der Waals surface area (Å²) in [7, 11) is 3.64. The molecule has 1 fully saturated rings. The molecular formula is C11H21NO3. The van der Waals surface area contributed by atoms with Crippen molar-refractivity contribution in [2.75, 3.05) is 20.7 Å². The van der Waals surface area contributed by atoms with Gasteiger partial charge in [0.2, 0.25) is 0 Å². The number of Topliss-reactive ketones (excluding diaryl/α,β-unsaturated/α-hetero) is 1. The van der Waals surface area contributed by atoms with Crippen molar-refractivity contribution < 1.29 is 14.6 Å². The van der Waals surface area contributed by atoms with Crippen LogP contribution in [0.15, 0.2) is 0 Å². The van der Waals surface area contributed by atoms with E-state index < -0.39 is 6.10 Å². The SMILES string of the molecule is COC1CC(C(O)C(C)C(C)=O)N(C)C1. The highest BCUT2D eigenvalue weighted by Crippen LogP contribution is 2.24. The molecule has 4 unspecified atom stereocenters. The summed E-state index contributed by atoms with van der Waals surface area (Å²) in [6.45, 7) is 4.13. The molecule has 4 nitrogen and oxygen atoms in total. The topological polar surface area (TPSA) is 49.8 Å². The minimum absolute atomic E-state index is 0.0360. The lowest BCUT2D eigenvalue weighted by Gasteiger charge is -2.27. The van der Waals surface area contributed by atoms with Crippen molar-refractivity contribution in [2.45, 2.75) is 38.5 Å². The smallest absolute Gasteiger partial charge is 0.135 e. The molecule has 1 saturated heterocycles. The van der Waals surface area contributed by atoms with Crippen LogP contribution in [0.1, 0.15) is 20.3 Å². The van der Waals surface area contributed by atoms with Gasteiger partial charge in [0.1, 0.15) is 5.78 Å². The number of methoxy groups -OCH3 is 1. The Balaban J connectivity index is 2.60. The highest BCUT2D eigenvalue weighted by atomic mass is 16.5. The van der Waals surface area contributed by atoms with E-state index in [1.165, 1.54) is 6.92 Å². The maximum absolute atomic E-state index is 11.2. The van der Waals surface area contributed by atoms with E-state index in [9.17, 15) is 9.90 Å². The number of carbonyl (C=O) groups is 1. The van der Waals surface area contributed by atoms with Gasteiger partial charge < -0.3 is 9.84 Å². The van der Waals surface area contributed by atoms with Crippen LogP contribution >= 0.6 is 0 Å². The lowest BCUT2D eigenvalue weighted by atomic mass is 9.93. The zero-order valence-corrected chi connectivity index (χ0v) is 9.93. The predicted octanol–water partition coefficient (Wildman–Crippen LogP) is 0.291. The van der Waals surface area contributed by atoms with Gasteiger partial charge >= 0.3 is 0 Å². The predicted molar refractivity (Wildman–Crippen MR) is 57.7 cm³/mol. The molecule has 0 amide bonds. The minimum atomic E-state index is -0.590. The van der Waals surface area contributed by atoms with Crippen molar-refractivity contribution in [3.8, 4) is 0 Å². The second-order valence-corrected chi connectivity index (χ2v) is 4.49. The number of aliphatic hydroxyl groups is 1. The van der Waals surface area contributed by atoms with Gasteiger partial charge in [0.05, 0.1) is 12.2 Å². The van der Waals surface area contributed by atoms with E-state index >= 15 is 0 Å². The maximum Gasteiger partial charge on any atom is 0.135 e. The number of hydrogen-bond donors (Lipinski definition) is 1. The fraction of sp³-hybridized carbons (Fsp3) is 0.909. The lowest BCUT2D eigenvalue weighted by molar-refractivity contribution is -0.124. The van der Waals surface area contributed by atoms with E-state index in [2.05, 4.69) is 4.90 Å². The van der Waals surface area contributed by atoms with Crippen LogP contribution < -0.4 is 0 Å². The Morgan fingerprint density at radius 3 is 2.60 bits per heavy atom. The lowest BCUT2D eigenvalue weighted by Crippen LogP contribution is -2.42. The van der Waals surface area contributed by atoms with E-state index in [1.54, 1.807) is 14.0 Å². The summed E-state index contributed by atoms with van der Waals surface area (Å²) in [4.78, 5) is 13.3. The second kappa shape index (κ2) is 5.05. The first-order valence-electron chi connectivity index (χ1n) is 5.39. The summed E-state index contributed by atoms with van der Waals surface area (Å²) in [5, 5.41) is 10.1. The Morgan fingerprint density at radius 2 is 2.20 bits per heavy atom. The average molecular weight is 215 g/mol. The third-order valence-corrected chi connectivity index (χ3v) is 3.44. The molecule has 0 aliphatic carbocycles. The van der Waals surface area contributed by atoms with E-state index in [1.807, 2.05) is 7.05 Å². The summed E-state index contributed by atoms with van der Waals surface area (Å²) >= 11 is 0. The third-order valence-electron chi connectivity index (χ3n) is 3.44. The first-order valence-corrected chi connectivity index (χ1v) is 5.39. The highest BCUT2D eigenvalue weighted by molar-refractivity contribution is 5.78. The number of ketones is 1. The molecule has 1 rings (SSSR count). The van der Waals surface area contributed by atoms with Gasteiger partial charge in [-0.2, -0.15) is 0 Å². The summed E-state index contributed by atoms with van der Waals surface area (Å²) in [5.74, 6) is -0.259. The van der Waals surface area contributed by atoms with Gasteiger partial charge in [-0.3, -0.25) is 9.69 Å². The first-order chi connectivity index (χ1) is 6.97. The van der Waals surface area contributed by atoms with Crippen molar-refractivity contribution in [2.24, 2.45) is 5.92 Å². The van der Waals surface area contributed by atoms with Crippen LogP contribution in [-0.2, 0) is 9.53 Å². The molecule has 0 aromatic heterocycles.